The standard InChI is InChI=1S/C21H18Cl2N2O2/c1-2-5-20(26)24-13-10-11-18(23)19(12-13)25-21(27)16-8-3-7-15-14(16)6-4-9-17(15)22/h3-4,6-12H,2,5H2,1H3,(H,24,26)(H,25,27). The Hall–Kier alpha value is -2.56. The Balaban J connectivity index is 1.88. The summed E-state index contributed by atoms with van der Waals surface area (Å²) in [5.74, 6) is -0.386. The maximum atomic E-state index is 12.8. The third kappa shape index (κ3) is 4.41. The molecule has 0 radical (unpaired) electrons. The molecule has 0 bridgehead atoms. The van der Waals surface area contributed by atoms with E-state index < -0.39 is 0 Å². The molecular formula is C21H18Cl2N2O2. The van der Waals surface area contributed by atoms with Gasteiger partial charge in [-0.05, 0) is 42.1 Å². The van der Waals surface area contributed by atoms with Gasteiger partial charge in [-0.1, -0.05) is 54.4 Å². The molecular weight excluding hydrogens is 383 g/mol. The number of hydrogen-bond acceptors (Lipinski definition) is 2. The van der Waals surface area contributed by atoms with E-state index >= 15 is 0 Å². The molecule has 0 saturated carbocycles. The van der Waals surface area contributed by atoms with Crippen molar-refractivity contribution in [3.63, 3.8) is 0 Å². The minimum atomic E-state index is -0.304. The second kappa shape index (κ2) is 8.42. The normalized spacial score (nSPS) is 10.6. The van der Waals surface area contributed by atoms with Crippen LogP contribution in [0.4, 0.5) is 11.4 Å². The number of carbonyl (C=O) groups excluding carboxylic acids is 2. The number of anilines is 2. The zero-order valence-electron chi connectivity index (χ0n) is 14.7. The molecule has 27 heavy (non-hydrogen) atoms. The van der Waals surface area contributed by atoms with Gasteiger partial charge in [0.05, 0.1) is 10.7 Å². The highest BCUT2D eigenvalue weighted by Crippen LogP contribution is 2.29. The lowest BCUT2D eigenvalue weighted by Gasteiger charge is -2.12. The minimum absolute atomic E-state index is 0.0826. The van der Waals surface area contributed by atoms with E-state index in [9.17, 15) is 9.59 Å². The predicted molar refractivity (Wildman–Crippen MR) is 112 cm³/mol. The van der Waals surface area contributed by atoms with E-state index in [1.165, 1.54) is 0 Å². The van der Waals surface area contributed by atoms with Crippen molar-refractivity contribution in [2.24, 2.45) is 0 Å². The Morgan fingerprint density at radius 3 is 2.41 bits per heavy atom. The lowest BCUT2D eigenvalue weighted by Crippen LogP contribution is -2.14. The van der Waals surface area contributed by atoms with Crippen LogP contribution in [0, 0.1) is 0 Å². The molecule has 0 atom stereocenters. The summed E-state index contributed by atoms with van der Waals surface area (Å²) in [6.45, 7) is 1.93. The first kappa shape index (κ1) is 19.2. The number of benzene rings is 3. The maximum Gasteiger partial charge on any atom is 0.256 e. The van der Waals surface area contributed by atoms with Crippen LogP contribution in [0.2, 0.25) is 10.0 Å². The first-order valence-corrected chi connectivity index (χ1v) is 9.33. The highest BCUT2D eigenvalue weighted by Gasteiger charge is 2.13. The van der Waals surface area contributed by atoms with E-state index in [-0.39, 0.29) is 11.8 Å². The highest BCUT2D eigenvalue weighted by molar-refractivity contribution is 6.36. The Morgan fingerprint density at radius 1 is 0.889 bits per heavy atom. The van der Waals surface area contributed by atoms with Gasteiger partial charge < -0.3 is 10.6 Å². The van der Waals surface area contributed by atoms with Gasteiger partial charge in [-0.2, -0.15) is 0 Å². The number of nitrogens with one attached hydrogen (secondary N) is 2. The van der Waals surface area contributed by atoms with Gasteiger partial charge in [0.1, 0.15) is 0 Å². The van der Waals surface area contributed by atoms with Crippen molar-refractivity contribution < 1.29 is 9.59 Å². The Morgan fingerprint density at radius 2 is 1.63 bits per heavy atom. The van der Waals surface area contributed by atoms with Crippen LogP contribution in [-0.2, 0) is 4.79 Å². The first-order valence-electron chi connectivity index (χ1n) is 8.57. The molecule has 0 saturated heterocycles. The second-order valence-electron chi connectivity index (χ2n) is 6.09. The fourth-order valence-corrected chi connectivity index (χ4v) is 3.21. The summed E-state index contributed by atoms with van der Waals surface area (Å²) in [5.41, 5.74) is 1.50. The third-order valence-electron chi connectivity index (χ3n) is 4.09. The zero-order valence-corrected chi connectivity index (χ0v) is 16.2. The number of carbonyl (C=O) groups is 2. The van der Waals surface area contributed by atoms with Gasteiger partial charge in [-0.3, -0.25) is 9.59 Å². The van der Waals surface area contributed by atoms with Gasteiger partial charge >= 0.3 is 0 Å². The summed E-state index contributed by atoms with van der Waals surface area (Å²) in [5, 5.41) is 8.14. The fraction of sp³-hybridized carbons (Fsp3) is 0.143. The molecule has 2 amide bonds. The molecule has 0 spiro atoms. The number of rotatable bonds is 5. The van der Waals surface area contributed by atoms with E-state index in [1.54, 1.807) is 42.5 Å². The molecule has 0 fully saturated rings. The molecule has 0 aromatic heterocycles. The second-order valence-corrected chi connectivity index (χ2v) is 6.90. The van der Waals surface area contributed by atoms with Crippen LogP contribution in [0.5, 0.6) is 0 Å². The third-order valence-corrected chi connectivity index (χ3v) is 4.75. The van der Waals surface area contributed by atoms with Crippen LogP contribution in [0.25, 0.3) is 10.8 Å². The lowest BCUT2D eigenvalue weighted by atomic mass is 10.0. The monoisotopic (exact) mass is 400 g/mol. The number of hydrogen-bond donors (Lipinski definition) is 2. The van der Waals surface area contributed by atoms with Crippen LogP contribution >= 0.6 is 23.2 Å². The molecule has 3 aromatic rings. The Kier molecular flexibility index (Phi) is 5.99. The molecule has 4 nitrogen and oxygen atoms in total. The average molecular weight is 401 g/mol. The van der Waals surface area contributed by atoms with Crippen molar-refractivity contribution in [2.75, 3.05) is 10.6 Å². The van der Waals surface area contributed by atoms with Crippen molar-refractivity contribution in [2.45, 2.75) is 19.8 Å². The van der Waals surface area contributed by atoms with Crippen molar-refractivity contribution in [3.8, 4) is 0 Å². The molecule has 138 valence electrons. The average Bonchev–Trinajstić information content (AvgIpc) is 2.64. The van der Waals surface area contributed by atoms with Gasteiger partial charge in [0, 0.05) is 28.1 Å². The Bertz CT molecular complexity index is 1020. The molecule has 2 N–H and O–H groups in total. The Labute approximate surface area is 167 Å². The number of fused-ring (bicyclic) bond motifs is 1. The largest absolute Gasteiger partial charge is 0.326 e. The summed E-state index contributed by atoms with van der Waals surface area (Å²) >= 11 is 12.4. The van der Waals surface area contributed by atoms with Gasteiger partial charge in [-0.15, -0.1) is 0 Å². The zero-order chi connectivity index (χ0) is 19.4. The van der Waals surface area contributed by atoms with Crippen molar-refractivity contribution in [3.05, 3.63) is 70.2 Å². The van der Waals surface area contributed by atoms with E-state index in [0.717, 1.165) is 17.2 Å². The van der Waals surface area contributed by atoms with Gasteiger partial charge in [-0.25, -0.2) is 0 Å². The predicted octanol–water partition coefficient (Wildman–Crippen LogP) is 6.14. The van der Waals surface area contributed by atoms with Crippen molar-refractivity contribution >= 4 is 57.2 Å². The maximum absolute atomic E-state index is 12.8. The summed E-state index contributed by atoms with van der Waals surface area (Å²) in [7, 11) is 0. The molecule has 0 aliphatic heterocycles. The molecule has 0 aliphatic rings. The summed E-state index contributed by atoms with van der Waals surface area (Å²) in [6.07, 6.45) is 1.19. The van der Waals surface area contributed by atoms with Gasteiger partial charge in [0.25, 0.3) is 5.91 Å². The SMILES string of the molecule is CCCC(=O)Nc1ccc(Cl)c(NC(=O)c2cccc3c(Cl)cccc23)c1. The quantitative estimate of drug-likeness (QED) is 0.540. The van der Waals surface area contributed by atoms with Crippen LogP contribution < -0.4 is 10.6 Å². The van der Waals surface area contributed by atoms with E-state index in [2.05, 4.69) is 10.6 Å². The van der Waals surface area contributed by atoms with E-state index in [0.29, 0.717) is 33.4 Å². The van der Waals surface area contributed by atoms with E-state index in [1.807, 2.05) is 19.1 Å². The number of amides is 2. The van der Waals surface area contributed by atoms with Crippen molar-refractivity contribution in [1.82, 2.24) is 0 Å². The smallest absolute Gasteiger partial charge is 0.256 e. The van der Waals surface area contributed by atoms with Crippen LogP contribution in [-0.4, -0.2) is 11.8 Å². The van der Waals surface area contributed by atoms with Crippen LogP contribution in [0.1, 0.15) is 30.1 Å². The topological polar surface area (TPSA) is 58.2 Å². The lowest BCUT2D eigenvalue weighted by molar-refractivity contribution is -0.116. The fourth-order valence-electron chi connectivity index (χ4n) is 2.81. The molecule has 3 rings (SSSR count). The molecule has 0 unspecified atom stereocenters. The summed E-state index contributed by atoms with van der Waals surface area (Å²) in [6, 6.07) is 15.8. The molecule has 0 heterocycles. The van der Waals surface area contributed by atoms with Gasteiger partial charge in [0.15, 0.2) is 0 Å². The summed E-state index contributed by atoms with van der Waals surface area (Å²) in [4.78, 5) is 24.6. The van der Waals surface area contributed by atoms with Gasteiger partial charge in [0.2, 0.25) is 5.91 Å². The number of halogens is 2. The summed E-state index contributed by atoms with van der Waals surface area (Å²) < 4.78 is 0. The molecule has 0 aliphatic carbocycles. The van der Waals surface area contributed by atoms with Crippen molar-refractivity contribution in [1.29, 1.82) is 0 Å². The van der Waals surface area contributed by atoms with Crippen LogP contribution in [0.3, 0.4) is 0 Å². The first-order chi connectivity index (χ1) is 13.0. The highest BCUT2D eigenvalue weighted by atomic mass is 35.5. The van der Waals surface area contributed by atoms with E-state index in [4.69, 9.17) is 23.2 Å². The van der Waals surface area contributed by atoms with Crippen LogP contribution in [0.15, 0.2) is 54.6 Å². The minimum Gasteiger partial charge on any atom is -0.326 e. The molecule has 3 aromatic carbocycles. The molecule has 6 heteroatoms.